The number of rotatable bonds is 4. The van der Waals surface area contributed by atoms with E-state index in [1.165, 1.54) is 12.1 Å². The van der Waals surface area contributed by atoms with Crippen LogP contribution in [0.4, 0.5) is 10.2 Å². The van der Waals surface area contributed by atoms with Gasteiger partial charge in [0.15, 0.2) is 0 Å². The first-order valence-corrected chi connectivity index (χ1v) is 5.02. The normalized spacial score (nSPS) is 11.9. The molecule has 0 amide bonds. The summed E-state index contributed by atoms with van der Waals surface area (Å²) < 4.78 is 17.7. The molecule has 0 bridgehead atoms. The van der Waals surface area contributed by atoms with Crippen molar-refractivity contribution in [1.29, 1.82) is 0 Å². The molecule has 0 aliphatic heterocycles. The number of aliphatic hydroxyl groups excluding tert-OH is 1. The van der Waals surface area contributed by atoms with Gasteiger partial charge in [-0.05, 0) is 24.3 Å². The number of ether oxygens (including phenoxy) is 1. The van der Waals surface area contributed by atoms with Crippen LogP contribution >= 0.6 is 0 Å². The van der Waals surface area contributed by atoms with Gasteiger partial charge in [0.1, 0.15) is 17.4 Å². The minimum Gasteiger partial charge on any atom is -0.447 e. The van der Waals surface area contributed by atoms with Crippen LogP contribution in [0, 0.1) is 5.82 Å². The Bertz CT molecular complexity index is 462. The smallest absolute Gasteiger partial charge is 0.280 e. The van der Waals surface area contributed by atoms with Gasteiger partial charge in [-0.3, -0.25) is 0 Å². The number of hydrogen-bond acceptors (Lipinski definition) is 4. The highest BCUT2D eigenvalue weighted by molar-refractivity contribution is 5.34. The van der Waals surface area contributed by atoms with Gasteiger partial charge in [0.2, 0.25) is 0 Å². The van der Waals surface area contributed by atoms with Crippen molar-refractivity contribution in [3.63, 3.8) is 0 Å². The van der Waals surface area contributed by atoms with Gasteiger partial charge in [0.05, 0.1) is 6.20 Å². The second-order valence-corrected chi connectivity index (χ2v) is 3.29. The molecule has 4 nitrogen and oxygen atoms in total. The maximum Gasteiger partial charge on any atom is 0.280 e. The van der Waals surface area contributed by atoms with E-state index in [1.807, 2.05) is 6.07 Å². The number of aliphatic hydroxyl groups is 1. The predicted octanol–water partition coefficient (Wildman–Crippen LogP) is 1.99. The van der Waals surface area contributed by atoms with E-state index in [0.717, 1.165) is 6.20 Å². The zero-order chi connectivity index (χ0) is 12.1. The number of aromatic nitrogens is 1. The van der Waals surface area contributed by atoms with E-state index in [9.17, 15) is 9.50 Å². The van der Waals surface area contributed by atoms with Crippen molar-refractivity contribution >= 4 is 5.82 Å². The van der Waals surface area contributed by atoms with Gasteiger partial charge in [0, 0.05) is 0 Å². The maximum atomic E-state index is 12.6. The highest BCUT2D eigenvalue weighted by Crippen LogP contribution is 2.11. The molecular weight excluding hydrogens is 223 g/mol. The summed E-state index contributed by atoms with van der Waals surface area (Å²) >= 11 is 0. The van der Waals surface area contributed by atoms with Crippen LogP contribution in [-0.2, 0) is 0 Å². The monoisotopic (exact) mass is 234 g/mol. The minimum absolute atomic E-state index is 0.329. The maximum absolute atomic E-state index is 12.6. The molecule has 0 aliphatic carbocycles. The average molecular weight is 234 g/mol. The van der Waals surface area contributed by atoms with Crippen LogP contribution in [-0.4, -0.2) is 16.5 Å². The van der Waals surface area contributed by atoms with E-state index in [4.69, 9.17) is 4.74 Å². The lowest BCUT2D eigenvalue weighted by atomic mass is 10.3. The third-order valence-electron chi connectivity index (χ3n) is 1.99. The summed E-state index contributed by atoms with van der Waals surface area (Å²) in [7, 11) is 0. The Hall–Kier alpha value is -2.14. The molecular formula is C12H11FN2O2. The van der Waals surface area contributed by atoms with Crippen LogP contribution in [0.2, 0.25) is 0 Å². The van der Waals surface area contributed by atoms with Crippen LogP contribution in [0.1, 0.15) is 0 Å². The molecule has 2 aromatic rings. The van der Waals surface area contributed by atoms with Gasteiger partial charge < -0.3 is 15.2 Å². The molecule has 0 saturated carbocycles. The number of nitrogens with one attached hydrogen (secondary N) is 1. The number of halogens is 1. The fourth-order valence-corrected chi connectivity index (χ4v) is 1.25. The molecule has 2 rings (SSSR count). The van der Waals surface area contributed by atoms with Gasteiger partial charge in [0.25, 0.3) is 6.41 Å². The predicted molar refractivity (Wildman–Crippen MR) is 60.9 cm³/mol. The molecule has 0 saturated heterocycles. The summed E-state index contributed by atoms with van der Waals surface area (Å²) in [6.07, 6.45) is -0.187. The molecule has 17 heavy (non-hydrogen) atoms. The van der Waals surface area contributed by atoms with Crippen molar-refractivity contribution in [2.45, 2.75) is 6.41 Å². The van der Waals surface area contributed by atoms with Gasteiger partial charge >= 0.3 is 0 Å². The molecule has 0 radical (unpaired) electrons. The van der Waals surface area contributed by atoms with Crippen molar-refractivity contribution in [2.24, 2.45) is 0 Å². The third kappa shape index (κ3) is 3.42. The van der Waals surface area contributed by atoms with Crippen molar-refractivity contribution < 1.29 is 14.2 Å². The van der Waals surface area contributed by atoms with E-state index in [-0.39, 0.29) is 0 Å². The molecule has 1 aromatic carbocycles. The van der Waals surface area contributed by atoms with E-state index in [0.29, 0.717) is 11.6 Å². The first kappa shape index (κ1) is 11.3. The Labute approximate surface area is 97.7 Å². The minimum atomic E-state index is -1.24. The van der Waals surface area contributed by atoms with Crippen LogP contribution in [0.3, 0.4) is 0 Å². The lowest BCUT2D eigenvalue weighted by Crippen LogP contribution is -2.26. The van der Waals surface area contributed by atoms with Crippen LogP contribution in [0.5, 0.6) is 5.75 Å². The molecule has 1 atom stereocenters. The Morgan fingerprint density at radius 3 is 2.59 bits per heavy atom. The number of anilines is 1. The first-order valence-electron chi connectivity index (χ1n) is 5.02. The van der Waals surface area contributed by atoms with Gasteiger partial charge in [-0.1, -0.05) is 18.2 Å². The lowest BCUT2D eigenvalue weighted by Gasteiger charge is -2.14. The molecule has 1 heterocycles. The number of para-hydroxylation sites is 1. The van der Waals surface area contributed by atoms with Gasteiger partial charge in [-0.25, -0.2) is 9.37 Å². The highest BCUT2D eigenvalue weighted by Gasteiger charge is 2.05. The standard InChI is InChI=1S/C12H11FN2O2/c13-9-6-7-11(14-8-9)15-12(16)17-10-4-2-1-3-5-10/h1-8,12,16H,(H,14,15). The molecule has 5 heteroatoms. The fourth-order valence-electron chi connectivity index (χ4n) is 1.25. The summed E-state index contributed by atoms with van der Waals surface area (Å²) in [4.78, 5) is 3.73. The molecule has 0 aliphatic rings. The Kier molecular flexibility index (Phi) is 3.52. The molecule has 1 unspecified atom stereocenters. The summed E-state index contributed by atoms with van der Waals surface area (Å²) in [5, 5.41) is 12.1. The zero-order valence-corrected chi connectivity index (χ0v) is 8.88. The SMILES string of the molecule is OC(Nc1ccc(F)cn1)Oc1ccccc1. The first-order chi connectivity index (χ1) is 8.24. The molecule has 88 valence electrons. The number of pyridine rings is 1. The second kappa shape index (κ2) is 5.27. The quantitative estimate of drug-likeness (QED) is 0.794. The largest absolute Gasteiger partial charge is 0.447 e. The lowest BCUT2D eigenvalue weighted by molar-refractivity contribution is 0.00742. The summed E-state index contributed by atoms with van der Waals surface area (Å²) in [6, 6.07) is 11.5. The van der Waals surface area contributed by atoms with E-state index in [1.54, 1.807) is 24.3 Å². The summed E-state index contributed by atoms with van der Waals surface area (Å²) in [6.45, 7) is 0. The van der Waals surface area contributed by atoms with Crippen molar-refractivity contribution in [3.8, 4) is 5.75 Å². The van der Waals surface area contributed by atoms with Crippen LogP contribution < -0.4 is 10.1 Å². The van der Waals surface area contributed by atoms with Crippen molar-refractivity contribution in [1.82, 2.24) is 4.98 Å². The van der Waals surface area contributed by atoms with Crippen LogP contribution in [0.25, 0.3) is 0 Å². The number of hydrogen-bond donors (Lipinski definition) is 2. The van der Waals surface area contributed by atoms with E-state index < -0.39 is 12.2 Å². The topological polar surface area (TPSA) is 54.4 Å². The van der Waals surface area contributed by atoms with Gasteiger partial charge in [-0.15, -0.1) is 0 Å². The molecule has 0 spiro atoms. The van der Waals surface area contributed by atoms with Crippen LogP contribution in [0.15, 0.2) is 48.7 Å². The Morgan fingerprint density at radius 2 is 1.94 bits per heavy atom. The van der Waals surface area contributed by atoms with E-state index in [2.05, 4.69) is 10.3 Å². The third-order valence-corrected chi connectivity index (χ3v) is 1.99. The Balaban J connectivity index is 1.93. The van der Waals surface area contributed by atoms with Crippen molar-refractivity contribution in [2.75, 3.05) is 5.32 Å². The highest BCUT2D eigenvalue weighted by atomic mass is 19.1. The molecule has 0 fully saturated rings. The fraction of sp³-hybridized carbons (Fsp3) is 0.0833. The second-order valence-electron chi connectivity index (χ2n) is 3.29. The molecule has 1 aromatic heterocycles. The number of benzene rings is 1. The number of nitrogens with zero attached hydrogens (tertiary/aromatic N) is 1. The summed E-state index contributed by atoms with van der Waals surface area (Å²) in [5.41, 5.74) is 0. The Morgan fingerprint density at radius 1 is 1.18 bits per heavy atom. The zero-order valence-electron chi connectivity index (χ0n) is 8.88. The average Bonchev–Trinajstić information content (AvgIpc) is 2.33. The van der Waals surface area contributed by atoms with Gasteiger partial charge in [-0.2, -0.15) is 0 Å². The summed E-state index contributed by atoms with van der Waals surface area (Å²) in [5.74, 6) is 0.415. The van der Waals surface area contributed by atoms with Crippen molar-refractivity contribution in [3.05, 3.63) is 54.5 Å². The van der Waals surface area contributed by atoms with E-state index >= 15 is 0 Å². The molecule has 2 N–H and O–H groups in total.